The number of methoxy groups -OCH3 is 2. The van der Waals surface area contributed by atoms with Crippen LogP contribution < -0.4 is 20.1 Å². The number of carbonyl (C=O) groups is 1. The normalized spacial score (nSPS) is 10.2. The number of benzene rings is 2. The van der Waals surface area contributed by atoms with E-state index in [1.165, 1.54) is 0 Å². The summed E-state index contributed by atoms with van der Waals surface area (Å²) in [6.07, 6.45) is 2.33. The van der Waals surface area contributed by atoms with Crippen molar-refractivity contribution < 1.29 is 14.3 Å². The zero-order valence-corrected chi connectivity index (χ0v) is 15.9. The maximum atomic E-state index is 12.4. The Balaban J connectivity index is 1.56. The van der Waals surface area contributed by atoms with Crippen LogP contribution in [0.3, 0.4) is 0 Å². The van der Waals surface area contributed by atoms with Gasteiger partial charge in [0.05, 0.1) is 14.2 Å². The molecule has 1 aromatic heterocycles. The van der Waals surface area contributed by atoms with Crippen LogP contribution in [-0.4, -0.2) is 31.7 Å². The quantitative estimate of drug-likeness (QED) is 0.624. The molecule has 6 heteroatoms. The molecule has 0 aliphatic carbocycles. The summed E-state index contributed by atoms with van der Waals surface area (Å²) in [4.78, 5) is 16.6. The van der Waals surface area contributed by atoms with Gasteiger partial charge in [-0.05, 0) is 60.5 Å². The van der Waals surface area contributed by atoms with E-state index in [1.54, 1.807) is 26.5 Å². The Kier molecular flexibility index (Phi) is 6.46. The third-order valence-corrected chi connectivity index (χ3v) is 4.20. The lowest BCUT2D eigenvalue weighted by molar-refractivity contribution is 0.0949. The van der Waals surface area contributed by atoms with E-state index in [-0.39, 0.29) is 5.91 Å². The van der Waals surface area contributed by atoms with Crippen LogP contribution in [0.1, 0.15) is 16.1 Å². The smallest absolute Gasteiger partial charge is 0.269 e. The lowest BCUT2D eigenvalue weighted by atomic mass is 10.1. The van der Waals surface area contributed by atoms with Gasteiger partial charge in [0.2, 0.25) is 0 Å². The zero-order valence-electron chi connectivity index (χ0n) is 15.9. The fourth-order valence-corrected chi connectivity index (χ4v) is 2.71. The maximum absolute atomic E-state index is 12.4. The van der Waals surface area contributed by atoms with Crippen LogP contribution in [0.2, 0.25) is 0 Å². The van der Waals surface area contributed by atoms with Crippen LogP contribution in [0.15, 0.2) is 66.9 Å². The van der Waals surface area contributed by atoms with Crippen LogP contribution in [0.25, 0.3) is 0 Å². The van der Waals surface area contributed by atoms with Gasteiger partial charge in [-0.3, -0.25) is 9.78 Å². The second kappa shape index (κ2) is 9.41. The van der Waals surface area contributed by atoms with E-state index >= 15 is 0 Å². The third-order valence-electron chi connectivity index (χ3n) is 4.20. The molecule has 0 fully saturated rings. The molecular weight excluding hydrogens is 354 g/mol. The largest absolute Gasteiger partial charge is 0.497 e. The lowest BCUT2D eigenvalue weighted by Gasteiger charge is -2.09. The number of carbonyl (C=O) groups excluding carboxylic acids is 1. The lowest BCUT2D eigenvalue weighted by Crippen LogP contribution is -2.26. The van der Waals surface area contributed by atoms with Crippen molar-refractivity contribution in [3.63, 3.8) is 0 Å². The number of amides is 1. The number of aromatic nitrogens is 1. The molecule has 1 amide bonds. The highest BCUT2D eigenvalue weighted by Gasteiger charge is 2.08. The molecule has 2 N–H and O–H groups in total. The van der Waals surface area contributed by atoms with Crippen molar-refractivity contribution in [2.75, 3.05) is 26.1 Å². The minimum atomic E-state index is -0.207. The van der Waals surface area contributed by atoms with Crippen LogP contribution in [0, 0.1) is 0 Å². The van der Waals surface area contributed by atoms with Gasteiger partial charge in [0, 0.05) is 24.1 Å². The summed E-state index contributed by atoms with van der Waals surface area (Å²) in [6, 6.07) is 18.9. The average Bonchev–Trinajstić information content (AvgIpc) is 2.74. The van der Waals surface area contributed by atoms with Crippen molar-refractivity contribution in [1.82, 2.24) is 10.3 Å². The fourth-order valence-electron chi connectivity index (χ4n) is 2.71. The predicted octanol–water partition coefficient (Wildman–Crippen LogP) is 3.81. The second-order valence-corrected chi connectivity index (χ2v) is 6.14. The van der Waals surface area contributed by atoms with Gasteiger partial charge in [0.1, 0.15) is 17.2 Å². The van der Waals surface area contributed by atoms with Gasteiger partial charge in [-0.2, -0.15) is 0 Å². The molecule has 0 bridgehead atoms. The number of nitrogens with zero attached hydrogens (tertiary/aromatic N) is 1. The average molecular weight is 377 g/mol. The molecule has 0 aliphatic heterocycles. The van der Waals surface area contributed by atoms with Gasteiger partial charge in [0.15, 0.2) is 0 Å². The Bertz CT molecular complexity index is 926. The molecule has 0 unspecified atom stereocenters. The van der Waals surface area contributed by atoms with Crippen molar-refractivity contribution in [3.8, 4) is 11.5 Å². The number of hydrogen-bond donors (Lipinski definition) is 2. The maximum Gasteiger partial charge on any atom is 0.269 e. The number of hydrogen-bond acceptors (Lipinski definition) is 5. The first-order valence-electron chi connectivity index (χ1n) is 8.96. The fraction of sp³-hybridized carbons (Fsp3) is 0.182. The molecular formula is C22H23N3O3. The molecule has 0 aliphatic rings. The minimum Gasteiger partial charge on any atom is -0.497 e. The van der Waals surface area contributed by atoms with E-state index in [2.05, 4.69) is 15.6 Å². The minimum absolute atomic E-state index is 0.207. The van der Waals surface area contributed by atoms with Gasteiger partial charge >= 0.3 is 0 Å². The molecule has 144 valence electrons. The van der Waals surface area contributed by atoms with Gasteiger partial charge in [0.25, 0.3) is 5.91 Å². The topological polar surface area (TPSA) is 72.5 Å². The molecule has 28 heavy (non-hydrogen) atoms. The van der Waals surface area contributed by atoms with Gasteiger partial charge in [-0.1, -0.05) is 12.1 Å². The number of pyridine rings is 1. The van der Waals surface area contributed by atoms with Crippen molar-refractivity contribution in [3.05, 3.63) is 78.1 Å². The molecule has 2 aromatic carbocycles. The molecule has 6 nitrogen and oxygen atoms in total. The Morgan fingerprint density at radius 2 is 1.71 bits per heavy atom. The van der Waals surface area contributed by atoms with Gasteiger partial charge in [-0.25, -0.2) is 0 Å². The van der Waals surface area contributed by atoms with Crippen molar-refractivity contribution in [2.24, 2.45) is 0 Å². The van der Waals surface area contributed by atoms with E-state index in [0.29, 0.717) is 18.7 Å². The summed E-state index contributed by atoms with van der Waals surface area (Å²) in [5, 5.41) is 6.16. The first-order chi connectivity index (χ1) is 13.7. The van der Waals surface area contributed by atoms with E-state index in [9.17, 15) is 4.79 Å². The molecule has 1 heterocycles. The number of ether oxygens (including phenoxy) is 2. The third kappa shape index (κ3) is 5.23. The number of anilines is 2. The molecule has 0 saturated carbocycles. The standard InChI is InChI=1S/C22H23N3O3/c1-27-19-8-6-17(7-9-19)25-18-11-13-23-21(15-18)22(26)24-12-10-16-4-3-5-20(14-16)28-2/h3-9,11,13-15H,10,12H2,1-2H3,(H,23,25)(H,24,26). The molecule has 0 saturated heterocycles. The van der Waals surface area contributed by atoms with E-state index in [1.807, 2.05) is 54.6 Å². The van der Waals surface area contributed by atoms with Crippen LogP contribution in [-0.2, 0) is 6.42 Å². The van der Waals surface area contributed by atoms with E-state index in [0.717, 1.165) is 28.4 Å². The highest BCUT2D eigenvalue weighted by Crippen LogP contribution is 2.20. The SMILES string of the molecule is COc1ccc(Nc2ccnc(C(=O)NCCc3cccc(OC)c3)c2)cc1. The van der Waals surface area contributed by atoms with Crippen LogP contribution >= 0.6 is 0 Å². The molecule has 0 radical (unpaired) electrons. The number of rotatable bonds is 8. The van der Waals surface area contributed by atoms with Gasteiger partial charge in [-0.15, -0.1) is 0 Å². The van der Waals surface area contributed by atoms with Crippen molar-refractivity contribution in [1.29, 1.82) is 0 Å². The molecule has 3 aromatic rings. The summed E-state index contributed by atoms with van der Waals surface area (Å²) in [7, 11) is 3.27. The molecule has 3 rings (SSSR count). The summed E-state index contributed by atoms with van der Waals surface area (Å²) >= 11 is 0. The van der Waals surface area contributed by atoms with Crippen LogP contribution in [0.5, 0.6) is 11.5 Å². The Morgan fingerprint density at radius 1 is 0.929 bits per heavy atom. The Hall–Kier alpha value is -3.54. The summed E-state index contributed by atoms with van der Waals surface area (Å²) in [6.45, 7) is 0.518. The van der Waals surface area contributed by atoms with Gasteiger partial charge < -0.3 is 20.1 Å². The number of nitrogens with one attached hydrogen (secondary N) is 2. The van der Waals surface area contributed by atoms with Crippen molar-refractivity contribution in [2.45, 2.75) is 6.42 Å². The zero-order chi connectivity index (χ0) is 19.8. The summed E-state index contributed by atoms with van der Waals surface area (Å²) in [5.41, 5.74) is 3.15. The monoisotopic (exact) mass is 377 g/mol. The predicted molar refractivity (Wildman–Crippen MR) is 110 cm³/mol. The van der Waals surface area contributed by atoms with E-state index < -0.39 is 0 Å². The highest BCUT2D eigenvalue weighted by atomic mass is 16.5. The van der Waals surface area contributed by atoms with Crippen molar-refractivity contribution >= 4 is 17.3 Å². The Labute approximate surface area is 164 Å². The first-order valence-corrected chi connectivity index (χ1v) is 8.96. The summed E-state index contributed by atoms with van der Waals surface area (Å²) < 4.78 is 10.4. The second-order valence-electron chi connectivity index (χ2n) is 6.14. The summed E-state index contributed by atoms with van der Waals surface area (Å²) in [5.74, 6) is 1.39. The highest BCUT2D eigenvalue weighted by molar-refractivity contribution is 5.93. The Morgan fingerprint density at radius 3 is 2.46 bits per heavy atom. The molecule has 0 atom stereocenters. The first kappa shape index (κ1) is 19.2. The van der Waals surface area contributed by atoms with E-state index in [4.69, 9.17) is 9.47 Å². The van der Waals surface area contributed by atoms with Crippen LogP contribution in [0.4, 0.5) is 11.4 Å². The molecule has 0 spiro atoms.